The molecule has 8 nitrogen and oxygen atoms in total. The number of amides is 1. The van der Waals surface area contributed by atoms with E-state index in [0.29, 0.717) is 16.7 Å². The van der Waals surface area contributed by atoms with Gasteiger partial charge in [-0.05, 0) is 62.1 Å². The molecule has 1 saturated heterocycles. The Morgan fingerprint density at radius 1 is 1.12 bits per heavy atom. The highest BCUT2D eigenvalue weighted by Crippen LogP contribution is 2.29. The number of hydrogen-bond donors (Lipinski definition) is 3. The molecular weight excluding hydrogens is 470 g/mol. The lowest BCUT2D eigenvalue weighted by Crippen LogP contribution is -2.49. The number of carbonyl (C=O) groups excluding carboxylic acids is 1. The molecule has 2 atom stereocenters. The quantitative estimate of drug-likeness (QED) is 0.456. The molecule has 3 aromatic rings. The number of nitrogens with one attached hydrogen (secondary N) is 3. The Hall–Kier alpha value is -2.53. The smallest absolute Gasteiger partial charge is 0.246 e. The lowest BCUT2D eigenvalue weighted by atomic mass is 10.0. The van der Waals surface area contributed by atoms with E-state index in [1.807, 2.05) is 51.1 Å². The molecule has 1 fully saturated rings. The lowest BCUT2D eigenvalue weighted by Gasteiger charge is -2.30. The minimum Gasteiger partial charge on any atom is -0.300 e. The number of aryl methyl sites for hydroxylation is 1. The van der Waals surface area contributed by atoms with Crippen molar-refractivity contribution in [1.29, 1.82) is 0 Å². The fourth-order valence-electron chi connectivity index (χ4n) is 4.25. The molecule has 1 aromatic heterocycles. The van der Waals surface area contributed by atoms with Gasteiger partial charge in [0.1, 0.15) is 11.8 Å². The van der Waals surface area contributed by atoms with E-state index in [1.54, 1.807) is 12.1 Å². The van der Waals surface area contributed by atoms with Crippen LogP contribution in [-0.4, -0.2) is 43.2 Å². The van der Waals surface area contributed by atoms with Gasteiger partial charge >= 0.3 is 0 Å². The van der Waals surface area contributed by atoms with Gasteiger partial charge < -0.3 is 5.32 Å². The van der Waals surface area contributed by atoms with Gasteiger partial charge in [-0.15, -0.1) is 0 Å². The zero-order valence-electron chi connectivity index (χ0n) is 20.0. The molecule has 0 aliphatic carbocycles. The molecule has 1 aliphatic rings. The summed E-state index contributed by atoms with van der Waals surface area (Å²) in [7, 11) is -3.87. The Morgan fingerprint density at radius 3 is 2.38 bits per heavy atom. The Morgan fingerprint density at radius 2 is 1.76 bits per heavy atom. The van der Waals surface area contributed by atoms with Gasteiger partial charge in [0.15, 0.2) is 5.13 Å². The van der Waals surface area contributed by atoms with Crippen molar-refractivity contribution in [2.75, 3.05) is 16.2 Å². The molecule has 1 amide bonds. The lowest BCUT2D eigenvalue weighted by molar-refractivity contribution is -0.114. The van der Waals surface area contributed by atoms with Crippen molar-refractivity contribution in [3.8, 4) is 0 Å². The largest absolute Gasteiger partial charge is 0.300 e. The van der Waals surface area contributed by atoms with Gasteiger partial charge in [-0.1, -0.05) is 43.4 Å². The van der Waals surface area contributed by atoms with E-state index < -0.39 is 21.2 Å². The van der Waals surface area contributed by atoms with Crippen LogP contribution in [0.5, 0.6) is 0 Å². The third-order valence-corrected chi connectivity index (χ3v) is 9.49. The van der Waals surface area contributed by atoms with E-state index in [1.165, 1.54) is 15.6 Å². The van der Waals surface area contributed by atoms with Crippen molar-refractivity contribution < 1.29 is 13.2 Å². The summed E-state index contributed by atoms with van der Waals surface area (Å²) in [4.78, 5) is 17.5. The third-order valence-electron chi connectivity index (χ3n) is 6.10. The summed E-state index contributed by atoms with van der Waals surface area (Å²) in [5.74, 6) is -0.125. The summed E-state index contributed by atoms with van der Waals surface area (Å²) in [5.41, 5.74) is 9.48. The minimum atomic E-state index is -3.87. The molecule has 2 heterocycles. The molecule has 34 heavy (non-hydrogen) atoms. The molecule has 2 aromatic carbocycles. The monoisotopic (exact) mass is 501 g/mol. The van der Waals surface area contributed by atoms with Crippen LogP contribution in [0.3, 0.4) is 0 Å². The summed E-state index contributed by atoms with van der Waals surface area (Å²) < 4.78 is 29.8. The topological polar surface area (TPSA) is 103 Å². The standard InChI is InChI=1S/C24H31N5O3S2/c1-14(2)18-7-9-19(10-8-18)29(34(31,32)23-16(4)27-28-17(23)5)13-22(30)26-24-25-20-11-6-15(3)12-21(20)33-24/h6-12,14,16-17,23,27-28H,13H2,1-5H3,(H,25,26,30). The predicted octanol–water partition coefficient (Wildman–Crippen LogP) is 3.76. The second-order valence-electron chi connectivity index (χ2n) is 9.17. The molecule has 2 unspecified atom stereocenters. The molecule has 0 bridgehead atoms. The van der Waals surface area contributed by atoms with Crippen LogP contribution < -0.4 is 20.5 Å². The van der Waals surface area contributed by atoms with Gasteiger partial charge in [-0.25, -0.2) is 13.4 Å². The molecular formula is C24H31N5O3S2. The minimum absolute atomic E-state index is 0.312. The molecule has 0 radical (unpaired) electrons. The van der Waals surface area contributed by atoms with Crippen LogP contribution in [0.15, 0.2) is 42.5 Å². The summed E-state index contributed by atoms with van der Waals surface area (Å²) >= 11 is 1.37. The van der Waals surface area contributed by atoms with Crippen LogP contribution in [0.25, 0.3) is 10.2 Å². The van der Waals surface area contributed by atoms with Gasteiger partial charge in [0.05, 0.1) is 15.9 Å². The highest BCUT2D eigenvalue weighted by molar-refractivity contribution is 7.93. The first-order valence-electron chi connectivity index (χ1n) is 11.4. The van der Waals surface area contributed by atoms with Gasteiger partial charge in [-0.2, -0.15) is 0 Å². The number of fused-ring (bicyclic) bond motifs is 1. The predicted molar refractivity (Wildman–Crippen MR) is 139 cm³/mol. The number of hydrogen-bond acceptors (Lipinski definition) is 7. The van der Waals surface area contributed by atoms with Crippen molar-refractivity contribution in [2.24, 2.45) is 0 Å². The van der Waals surface area contributed by atoms with Crippen molar-refractivity contribution >= 4 is 48.3 Å². The fourth-order valence-corrected chi connectivity index (χ4v) is 7.41. The highest BCUT2D eigenvalue weighted by Gasteiger charge is 2.44. The van der Waals surface area contributed by atoms with E-state index in [2.05, 4.69) is 35.0 Å². The summed E-state index contributed by atoms with van der Waals surface area (Å²) in [5, 5.41) is 2.52. The molecule has 10 heteroatoms. The van der Waals surface area contributed by atoms with E-state index in [-0.39, 0.29) is 18.6 Å². The number of carbonyl (C=O) groups is 1. The summed E-state index contributed by atoms with van der Waals surface area (Å²) in [6.45, 7) is 9.46. The Kier molecular flexibility index (Phi) is 6.95. The highest BCUT2D eigenvalue weighted by atomic mass is 32.2. The fraction of sp³-hybridized carbons (Fsp3) is 0.417. The van der Waals surface area contributed by atoms with Gasteiger partial charge in [0.25, 0.3) is 0 Å². The molecule has 1 aliphatic heterocycles. The second-order valence-corrected chi connectivity index (χ2v) is 12.2. The van der Waals surface area contributed by atoms with Crippen LogP contribution in [0.4, 0.5) is 10.8 Å². The second kappa shape index (κ2) is 9.61. The normalized spacial score (nSPS) is 20.7. The first-order chi connectivity index (χ1) is 16.1. The number of hydrazine groups is 1. The Bertz CT molecular complexity index is 1280. The van der Waals surface area contributed by atoms with Crippen molar-refractivity contribution in [3.63, 3.8) is 0 Å². The number of nitrogens with zero attached hydrogens (tertiary/aromatic N) is 2. The SMILES string of the molecule is Cc1ccc2nc(NC(=O)CN(c3ccc(C(C)C)cc3)S(=O)(=O)C3C(C)NNC3C)sc2c1. The van der Waals surface area contributed by atoms with E-state index in [9.17, 15) is 13.2 Å². The van der Waals surface area contributed by atoms with Crippen LogP contribution in [0.1, 0.15) is 44.7 Å². The van der Waals surface area contributed by atoms with E-state index >= 15 is 0 Å². The van der Waals surface area contributed by atoms with Crippen molar-refractivity contribution in [3.05, 3.63) is 53.6 Å². The molecule has 0 saturated carbocycles. The molecule has 3 N–H and O–H groups in total. The average Bonchev–Trinajstić information content (AvgIpc) is 3.33. The number of anilines is 2. The molecule has 182 valence electrons. The van der Waals surface area contributed by atoms with Gasteiger partial charge in [-0.3, -0.25) is 20.0 Å². The molecule has 4 rings (SSSR count). The van der Waals surface area contributed by atoms with Crippen molar-refractivity contribution in [2.45, 2.75) is 57.9 Å². The number of benzene rings is 2. The summed E-state index contributed by atoms with van der Waals surface area (Å²) in [6.07, 6.45) is 0. The number of aromatic nitrogens is 1. The van der Waals surface area contributed by atoms with Gasteiger partial charge in [0, 0.05) is 12.1 Å². The van der Waals surface area contributed by atoms with E-state index in [4.69, 9.17) is 0 Å². The Balaban J connectivity index is 1.63. The van der Waals surface area contributed by atoms with Crippen molar-refractivity contribution in [1.82, 2.24) is 15.8 Å². The van der Waals surface area contributed by atoms with Crippen LogP contribution in [0, 0.1) is 6.92 Å². The first kappa shape index (κ1) is 24.6. The van der Waals surface area contributed by atoms with Crippen LogP contribution >= 0.6 is 11.3 Å². The van der Waals surface area contributed by atoms with E-state index in [0.717, 1.165) is 21.3 Å². The zero-order valence-corrected chi connectivity index (χ0v) is 21.6. The third kappa shape index (κ3) is 4.95. The van der Waals surface area contributed by atoms with Crippen LogP contribution in [-0.2, 0) is 14.8 Å². The number of rotatable bonds is 7. The maximum atomic E-state index is 13.8. The zero-order chi connectivity index (χ0) is 24.6. The van der Waals surface area contributed by atoms with Crippen LogP contribution in [0.2, 0.25) is 0 Å². The maximum absolute atomic E-state index is 13.8. The summed E-state index contributed by atoms with van der Waals surface area (Å²) in [6, 6.07) is 12.6. The average molecular weight is 502 g/mol. The van der Waals surface area contributed by atoms with Gasteiger partial charge in [0.2, 0.25) is 15.9 Å². The first-order valence-corrected chi connectivity index (χ1v) is 13.7. The molecule has 0 spiro atoms. The number of thiazole rings is 1. The number of sulfonamides is 1. The maximum Gasteiger partial charge on any atom is 0.246 e. The Labute approximate surface area is 204 Å².